The second-order valence-corrected chi connectivity index (χ2v) is 3.17. The summed E-state index contributed by atoms with van der Waals surface area (Å²) in [7, 11) is 0. The number of halogens is 4. The zero-order chi connectivity index (χ0) is 9.30. The van der Waals surface area contributed by atoms with E-state index in [1.807, 2.05) is 4.98 Å². The third kappa shape index (κ3) is 1.79. The van der Waals surface area contributed by atoms with Gasteiger partial charge in [-0.05, 0) is 22.6 Å². The van der Waals surface area contributed by atoms with Crippen LogP contribution in [0.25, 0.3) is 0 Å². The number of alkyl halides is 2. The summed E-state index contributed by atoms with van der Waals surface area (Å²) in [4.78, 5) is 12.8. The maximum absolute atomic E-state index is 12.6. The van der Waals surface area contributed by atoms with Gasteiger partial charge in [-0.25, -0.2) is 8.78 Å². The van der Waals surface area contributed by atoms with E-state index in [9.17, 15) is 18.0 Å². The Kier molecular flexibility index (Phi) is 2.76. The third-order valence-electron chi connectivity index (χ3n) is 1.21. The molecule has 66 valence electrons. The monoisotopic (exact) mass is 289 g/mol. The van der Waals surface area contributed by atoms with Crippen molar-refractivity contribution in [2.45, 2.75) is 6.43 Å². The molecule has 6 heteroatoms. The van der Waals surface area contributed by atoms with Crippen LogP contribution in [-0.2, 0) is 0 Å². The lowest BCUT2D eigenvalue weighted by atomic mass is 10.3. The van der Waals surface area contributed by atoms with E-state index in [4.69, 9.17) is 0 Å². The van der Waals surface area contributed by atoms with Crippen LogP contribution in [0.1, 0.15) is 12.0 Å². The standard InChI is InChI=1S/C6H3F3INO/c7-5(8)4-2(12)1-3(10)11-6(4)9/h1,5H,(H,11,12). The van der Waals surface area contributed by atoms with Crippen LogP contribution in [-0.4, -0.2) is 4.98 Å². The second-order valence-electron chi connectivity index (χ2n) is 2.01. The van der Waals surface area contributed by atoms with Gasteiger partial charge in [0.05, 0.1) is 3.70 Å². The minimum Gasteiger partial charge on any atom is -0.326 e. The molecule has 0 fully saturated rings. The topological polar surface area (TPSA) is 32.9 Å². The zero-order valence-electron chi connectivity index (χ0n) is 5.57. The van der Waals surface area contributed by atoms with Crippen LogP contribution in [0.3, 0.4) is 0 Å². The van der Waals surface area contributed by atoms with Gasteiger partial charge in [-0.1, -0.05) is 0 Å². The molecule has 0 unspecified atom stereocenters. The van der Waals surface area contributed by atoms with E-state index in [-0.39, 0.29) is 3.70 Å². The van der Waals surface area contributed by atoms with Gasteiger partial charge in [-0.2, -0.15) is 4.39 Å². The third-order valence-corrected chi connectivity index (χ3v) is 1.79. The Balaban J connectivity index is 3.39. The molecule has 0 radical (unpaired) electrons. The molecule has 0 amide bonds. The summed E-state index contributed by atoms with van der Waals surface area (Å²) < 4.78 is 36.7. The molecular formula is C6H3F3INO. The summed E-state index contributed by atoms with van der Waals surface area (Å²) >= 11 is 1.63. The SMILES string of the molecule is O=c1cc(I)[nH]c(F)c1C(F)F. The zero-order valence-corrected chi connectivity index (χ0v) is 7.73. The van der Waals surface area contributed by atoms with E-state index in [0.717, 1.165) is 6.07 Å². The molecule has 1 aromatic heterocycles. The number of pyridine rings is 1. The van der Waals surface area contributed by atoms with E-state index >= 15 is 0 Å². The van der Waals surface area contributed by atoms with Crippen molar-refractivity contribution in [3.63, 3.8) is 0 Å². The van der Waals surface area contributed by atoms with Gasteiger partial charge in [-0.15, -0.1) is 0 Å². The number of H-pyrrole nitrogens is 1. The maximum atomic E-state index is 12.6. The first kappa shape index (κ1) is 9.56. The van der Waals surface area contributed by atoms with Gasteiger partial charge in [0.1, 0.15) is 5.56 Å². The Hall–Kier alpha value is -0.530. The molecule has 1 heterocycles. The lowest BCUT2D eigenvalue weighted by Gasteiger charge is -2.00. The van der Waals surface area contributed by atoms with Gasteiger partial charge >= 0.3 is 0 Å². The largest absolute Gasteiger partial charge is 0.326 e. The predicted molar refractivity (Wildman–Crippen MR) is 44.7 cm³/mol. The normalized spacial score (nSPS) is 10.8. The Morgan fingerprint density at radius 1 is 1.50 bits per heavy atom. The fourth-order valence-electron chi connectivity index (χ4n) is 0.713. The van der Waals surface area contributed by atoms with Gasteiger partial charge in [0.15, 0.2) is 5.43 Å². The van der Waals surface area contributed by atoms with Crippen LogP contribution in [0.15, 0.2) is 10.9 Å². The van der Waals surface area contributed by atoms with Crippen molar-refractivity contribution in [1.82, 2.24) is 4.98 Å². The minimum atomic E-state index is -3.08. The summed E-state index contributed by atoms with van der Waals surface area (Å²) in [5.74, 6) is -1.26. The summed E-state index contributed by atoms with van der Waals surface area (Å²) in [5.41, 5.74) is -2.08. The Morgan fingerprint density at radius 2 is 2.08 bits per heavy atom. The van der Waals surface area contributed by atoms with Crippen molar-refractivity contribution < 1.29 is 13.2 Å². The Morgan fingerprint density at radius 3 is 2.50 bits per heavy atom. The van der Waals surface area contributed by atoms with Crippen molar-refractivity contribution in [3.8, 4) is 0 Å². The highest BCUT2D eigenvalue weighted by Gasteiger charge is 2.18. The average molecular weight is 289 g/mol. The van der Waals surface area contributed by atoms with Gasteiger partial charge in [-0.3, -0.25) is 4.79 Å². The lowest BCUT2D eigenvalue weighted by molar-refractivity contribution is 0.143. The van der Waals surface area contributed by atoms with Crippen LogP contribution < -0.4 is 5.43 Å². The molecule has 1 rings (SSSR count). The molecule has 0 aromatic carbocycles. The predicted octanol–water partition coefficient (Wildman–Crippen LogP) is 2.06. The minimum absolute atomic E-state index is 0.194. The molecule has 0 atom stereocenters. The fraction of sp³-hybridized carbons (Fsp3) is 0.167. The highest BCUT2D eigenvalue weighted by atomic mass is 127. The van der Waals surface area contributed by atoms with Gasteiger partial charge in [0.2, 0.25) is 5.95 Å². The first-order valence-electron chi connectivity index (χ1n) is 2.88. The Bertz CT molecular complexity index is 349. The van der Waals surface area contributed by atoms with Crippen LogP contribution in [0.2, 0.25) is 0 Å². The summed E-state index contributed by atoms with van der Waals surface area (Å²) in [5, 5.41) is 0. The summed E-state index contributed by atoms with van der Waals surface area (Å²) in [6.07, 6.45) is -3.08. The summed E-state index contributed by atoms with van der Waals surface area (Å²) in [6.45, 7) is 0. The van der Waals surface area contributed by atoms with Crippen LogP contribution in [0, 0.1) is 9.65 Å². The van der Waals surface area contributed by atoms with Crippen molar-refractivity contribution in [1.29, 1.82) is 0 Å². The molecular weight excluding hydrogens is 286 g/mol. The molecule has 1 N–H and O–H groups in total. The molecule has 0 aliphatic heterocycles. The molecule has 1 aromatic rings. The number of hydrogen-bond donors (Lipinski definition) is 1. The molecule has 0 saturated heterocycles. The molecule has 12 heavy (non-hydrogen) atoms. The fourth-order valence-corrected chi connectivity index (χ4v) is 1.23. The number of nitrogens with one attached hydrogen (secondary N) is 1. The molecule has 2 nitrogen and oxygen atoms in total. The van der Waals surface area contributed by atoms with Crippen molar-refractivity contribution in [2.75, 3.05) is 0 Å². The number of aromatic nitrogens is 1. The molecule has 0 bridgehead atoms. The molecule has 0 spiro atoms. The Labute approximate surface area is 78.9 Å². The smallest absolute Gasteiger partial charge is 0.271 e. The van der Waals surface area contributed by atoms with Crippen molar-refractivity contribution in [3.05, 3.63) is 31.5 Å². The van der Waals surface area contributed by atoms with Crippen LogP contribution >= 0.6 is 22.6 Å². The summed E-state index contributed by atoms with van der Waals surface area (Å²) in [6, 6.07) is 0.922. The average Bonchev–Trinajstić information content (AvgIpc) is 1.82. The van der Waals surface area contributed by atoms with Gasteiger partial charge < -0.3 is 4.98 Å². The van der Waals surface area contributed by atoms with Gasteiger partial charge in [0.25, 0.3) is 6.43 Å². The number of rotatable bonds is 1. The highest BCUT2D eigenvalue weighted by Crippen LogP contribution is 2.17. The molecule has 0 aliphatic carbocycles. The van der Waals surface area contributed by atoms with Crippen LogP contribution in [0.5, 0.6) is 0 Å². The van der Waals surface area contributed by atoms with E-state index < -0.39 is 23.4 Å². The lowest BCUT2D eigenvalue weighted by Crippen LogP contribution is -2.13. The van der Waals surface area contributed by atoms with Crippen LogP contribution in [0.4, 0.5) is 13.2 Å². The highest BCUT2D eigenvalue weighted by molar-refractivity contribution is 14.1. The quantitative estimate of drug-likeness (QED) is 0.623. The maximum Gasteiger partial charge on any atom is 0.271 e. The van der Waals surface area contributed by atoms with Crippen molar-refractivity contribution >= 4 is 22.6 Å². The number of aromatic amines is 1. The van der Waals surface area contributed by atoms with Gasteiger partial charge in [0, 0.05) is 6.07 Å². The number of hydrogen-bond acceptors (Lipinski definition) is 1. The van der Waals surface area contributed by atoms with E-state index in [1.54, 1.807) is 22.6 Å². The molecule has 0 aliphatic rings. The second kappa shape index (κ2) is 3.46. The first-order chi connectivity index (χ1) is 5.52. The van der Waals surface area contributed by atoms with Crippen molar-refractivity contribution in [2.24, 2.45) is 0 Å². The van der Waals surface area contributed by atoms with E-state index in [0.29, 0.717) is 0 Å². The van der Waals surface area contributed by atoms with E-state index in [2.05, 4.69) is 0 Å². The van der Waals surface area contributed by atoms with E-state index in [1.165, 1.54) is 0 Å². The molecule has 0 saturated carbocycles. The first-order valence-corrected chi connectivity index (χ1v) is 3.96.